The Morgan fingerprint density at radius 1 is 0.939 bits per heavy atom. The van der Waals surface area contributed by atoms with E-state index in [0.717, 1.165) is 17.7 Å². The van der Waals surface area contributed by atoms with Gasteiger partial charge in [0.25, 0.3) is 0 Å². The molecule has 2 heterocycles. The highest BCUT2D eigenvalue weighted by Gasteiger charge is 2.31. The normalized spacial score (nSPS) is 16.3. The fourth-order valence-corrected chi connectivity index (χ4v) is 3.87. The zero-order valence-electron chi connectivity index (χ0n) is 16.9. The summed E-state index contributed by atoms with van der Waals surface area (Å²) in [4.78, 5) is 8.77. The van der Waals surface area contributed by atoms with Crippen molar-refractivity contribution in [3.63, 3.8) is 0 Å². The second-order valence-corrected chi connectivity index (χ2v) is 7.55. The molecular weight excluding hydrogens is 443 g/mol. The van der Waals surface area contributed by atoms with E-state index in [1.54, 1.807) is 12.1 Å². The minimum absolute atomic E-state index is 0.0861. The van der Waals surface area contributed by atoms with E-state index >= 15 is 0 Å². The summed E-state index contributed by atoms with van der Waals surface area (Å²) in [5, 5.41) is 0. The summed E-state index contributed by atoms with van der Waals surface area (Å²) < 4.78 is 75.0. The molecule has 0 spiro atoms. The van der Waals surface area contributed by atoms with Gasteiger partial charge in [-0.05, 0) is 54.8 Å². The quantitative estimate of drug-likeness (QED) is 0.310. The summed E-state index contributed by atoms with van der Waals surface area (Å²) in [6.07, 6.45) is -3.72. The number of benzene rings is 3. The van der Waals surface area contributed by atoms with Gasteiger partial charge in [-0.1, -0.05) is 18.2 Å². The van der Waals surface area contributed by atoms with Gasteiger partial charge in [0.2, 0.25) is 5.89 Å². The lowest BCUT2D eigenvalue weighted by Crippen LogP contribution is -2.16. The van der Waals surface area contributed by atoms with Gasteiger partial charge in [0.15, 0.2) is 5.58 Å². The number of rotatable bonds is 4. The van der Waals surface area contributed by atoms with Crippen molar-refractivity contribution in [3.05, 3.63) is 83.4 Å². The van der Waals surface area contributed by atoms with Crippen molar-refractivity contribution in [2.24, 2.45) is 4.99 Å². The second-order valence-electron chi connectivity index (χ2n) is 7.55. The van der Waals surface area contributed by atoms with Crippen LogP contribution in [-0.4, -0.2) is 17.1 Å². The highest BCUT2D eigenvalue weighted by atomic mass is 19.4. The summed E-state index contributed by atoms with van der Waals surface area (Å²) in [7, 11) is 0. The number of fused-ring (bicyclic) bond motifs is 1. The van der Waals surface area contributed by atoms with Crippen molar-refractivity contribution in [1.29, 1.82) is 0 Å². The Morgan fingerprint density at radius 3 is 2.36 bits per heavy atom. The highest BCUT2D eigenvalue weighted by molar-refractivity contribution is 6.02. The molecule has 0 radical (unpaired) electrons. The first-order valence-electron chi connectivity index (χ1n) is 10.0. The maximum absolute atomic E-state index is 14.1. The van der Waals surface area contributed by atoms with Crippen LogP contribution in [-0.2, 0) is 0 Å². The first kappa shape index (κ1) is 21.1. The molecule has 3 aromatic carbocycles. The van der Waals surface area contributed by atoms with Crippen LogP contribution in [0.25, 0.3) is 22.6 Å². The summed E-state index contributed by atoms with van der Waals surface area (Å²) >= 11 is 0. The van der Waals surface area contributed by atoms with Crippen molar-refractivity contribution in [2.75, 3.05) is 0 Å². The summed E-state index contributed by atoms with van der Waals surface area (Å²) in [6, 6.07) is 14.3. The number of nitrogens with zero attached hydrogens (tertiary/aromatic N) is 2. The minimum atomic E-state index is -4.79. The predicted octanol–water partition coefficient (Wildman–Crippen LogP) is 7.00. The fourth-order valence-electron chi connectivity index (χ4n) is 3.87. The molecule has 0 amide bonds. The van der Waals surface area contributed by atoms with Crippen LogP contribution < -0.4 is 4.74 Å². The van der Waals surface area contributed by atoms with Crippen LogP contribution in [0.2, 0.25) is 0 Å². The fraction of sp³-hybridized carbons (Fsp3) is 0.167. The third-order valence-electron chi connectivity index (χ3n) is 5.35. The molecule has 0 N–H and O–H groups in total. The van der Waals surface area contributed by atoms with Crippen LogP contribution in [0.3, 0.4) is 0 Å². The SMILES string of the molecule is Fc1cccc(F)c1C1=NC(c2ccc(-c3nc4cc(OC(F)(F)F)ccc4o3)cc2)CC1. The number of aromatic nitrogens is 1. The Bertz CT molecular complexity index is 1340. The Hall–Kier alpha value is -3.75. The van der Waals surface area contributed by atoms with Gasteiger partial charge in [-0.3, -0.25) is 4.99 Å². The van der Waals surface area contributed by atoms with Gasteiger partial charge in [-0.25, -0.2) is 13.8 Å². The summed E-state index contributed by atoms with van der Waals surface area (Å²) in [5.74, 6) is -1.41. The average Bonchev–Trinajstić information content (AvgIpc) is 3.40. The Balaban J connectivity index is 1.38. The summed E-state index contributed by atoms with van der Waals surface area (Å²) in [5.41, 5.74) is 2.35. The number of hydrogen-bond acceptors (Lipinski definition) is 4. The van der Waals surface area contributed by atoms with Gasteiger partial charge in [0.05, 0.1) is 11.6 Å². The first-order chi connectivity index (χ1) is 15.8. The molecule has 1 unspecified atom stereocenters. The Labute approximate surface area is 184 Å². The molecule has 0 bridgehead atoms. The Morgan fingerprint density at radius 2 is 1.67 bits per heavy atom. The molecule has 1 aliphatic rings. The molecular formula is C24H15F5N2O2. The zero-order chi connectivity index (χ0) is 23.2. The van der Waals surface area contributed by atoms with Crippen molar-refractivity contribution in [1.82, 2.24) is 4.98 Å². The molecule has 1 aliphatic heterocycles. The largest absolute Gasteiger partial charge is 0.573 e. The molecule has 0 fully saturated rings. The molecule has 0 saturated carbocycles. The standard InChI is InChI=1S/C24H15F5N2O2/c25-16-2-1-3-17(26)22(16)19-10-9-18(30-19)13-4-6-14(7-5-13)23-31-20-12-15(33-24(27,28)29)8-11-21(20)32-23/h1-8,11-12,18H,9-10H2. The monoisotopic (exact) mass is 458 g/mol. The van der Waals surface area contributed by atoms with Crippen molar-refractivity contribution in [2.45, 2.75) is 25.2 Å². The Kier molecular flexibility index (Phi) is 5.11. The number of alkyl halides is 3. The van der Waals surface area contributed by atoms with Crippen LogP contribution in [0.15, 0.2) is 70.1 Å². The predicted molar refractivity (Wildman–Crippen MR) is 111 cm³/mol. The van der Waals surface area contributed by atoms with E-state index in [9.17, 15) is 22.0 Å². The number of halogens is 5. The lowest BCUT2D eigenvalue weighted by atomic mass is 10.0. The van der Waals surface area contributed by atoms with Gasteiger partial charge >= 0.3 is 6.36 Å². The van der Waals surface area contributed by atoms with Crippen LogP contribution in [0.4, 0.5) is 22.0 Å². The molecule has 1 aromatic heterocycles. The maximum Gasteiger partial charge on any atom is 0.573 e. The number of oxazole rings is 1. The van der Waals surface area contributed by atoms with Crippen molar-refractivity contribution >= 4 is 16.8 Å². The van der Waals surface area contributed by atoms with Crippen LogP contribution in [0.5, 0.6) is 5.75 Å². The van der Waals surface area contributed by atoms with E-state index in [2.05, 4.69) is 14.7 Å². The second kappa shape index (κ2) is 7.99. The van der Waals surface area contributed by atoms with Gasteiger partial charge < -0.3 is 9.15 Å². The topological polar surface area (TPSA) is 47.6 Å². The van der Waals surface area contributed by atoms with Crippen LogP contribution in [0.1, 0.15) is 30.0 Å². The maximum atomic E-state index is 14.1. The van der Waals surface area contributed by atoms with Gasteiger partial charge in [0, 0.05) is 17.3 Å². The van der Waals surface area contributed by atoms with Crippen LogP contribution in [0, 0.1) is 11.6 Å². The number of aliphatic imine (C=N–C) groups is 1. The lowest BCUT2D eigenvalue weighted by molar-refractivity contribution is -0.274. The highest BCUT2D eigenvalue weighted by Crippen LogP contribution is 2.34. The van der Waals surface area contributed by atoms with Gasteiger partial charge in [-0.15, -0.1) is 13.2 Å². The molecule has 4 aromatic rings. The molecule has 9 heteroatoms. The van der Waals surface area contributed by atoms with E-state index in [-0.39, 0.29) is 28.8 Å². The van der Waals surface area contributed by atoms with E-state index in [4.69, 9.17) is 4.42 Å². The van der Waals surface area contributed by atoms with E-state index in [1.165, 1.54) is 24.3 Å². The third kappa shape index (κ3) is 4.30. The first-order valence-corrected chi connectivity index (χ1v) is 10.0. The van der Waals surface area contributed by atoms with Crippen molar-refractivity contribution < 1.29 is 31.1 Å². The summed E-state index contributed by atoms with van der Waals surface area (Å²) in [6.45, 7) is 0. The molecule has 5 rings (SSSR count). The third-order valence-corrected chi connectivity index (χ3v) is 5.35. The number of hydrogen-bond donors (Lipinski definition) is 0. The smallest absolute Gasteiger partial charge is 0.436 e. The van der Waals surface area contributed by atoms with E-state index < -0.39 is 18.0 Å². The zero-order valence-corrected chi connectivity index (χ0v) is 16.9. The van der Waals surface area contributed by atoms with Crippen molar-refractivity contribution in [3.8, 4) is 17.2 Å². The van der Waals surface area contributed by atoms with E-state index in [1.807, 2.05) is 12.1 Å². The molecule has 0 aliphatic carbocycles. The minimum Gasteiger partial charge on any atom is -0.436 e. The molecule has 168 valence electrons. The molecule has 1 atom stereocenters. The van der Waals surface area contributed by atoms with Gasteiger partial charge in [0.1, 0.15) is 22.9 Å². The average molecular weight is 458 g/mol. The van der Waals surface area contributed by atoms with Gasteiger partial charge in [-0.2, -0.15) is 0 Å². The van der Waals surface area contributed by atoms with E-state index in [0.29, 0.717) is 29.7 Å². The molecule has 4 nitrogen and oxygen atoms in total. The molecule has 0 saturated heterocycles. The molecule has 33 heavy (non-hydrogen) atoms. The number of ether oxygens (including phenoxy) is 1. The lowest BCUT2D eigenvalue weighted by Gasteiger charge is -2.07. The van der Waals surface area contributed by atoms with Crippen LogP contribution >= 0.6 is 0 Å².